The summed E-state index contributed by atoms with van der Waals surface area (Å²) in [7, 11) is 0. The van der Waals surface area contributed by atoms with Crippen molar-refractivity contribution >= 4 is 18.7 Å². The zero-order valence-corrected chi connectivity index (χ0v) is 15.0. The van der Waals surface area contributed by atoms with E-state index < -0.39 is 0 Å². The summed E-state index contributed by atoms with van der Waals surface area (Å²) in [5.74, 6) is 2.34. The Labute approximate surface area is 136 Å². The fraction of sp³-hybridized carbons (Fsp3) is 0.944. The second-order valence-corrected chi connectivity index (χ2v) is 8.47. The molecule has 0 aliphatic heterocycles. The molecule has 2 unspecified atom stereocenters. The van der Waals surface area contributed by atoms with Crippen LogP contribution in [0.15, 0.2) is 0 Å². The molecule has 2 rings (SSSR count). The third kappa shape index (κ3) is 3.67. The lowest BCUT2D eigenvalue weighted by Gasteiger charge is -2.42. The van der Waals surface area contributed by atoms with Crippen molar-refractivity contribution in [3.8, 4) is 0 Å². The predicted octanol–water partition coefficient (Wildman–Crippen LogP) is 5.22. The van der Waals surface area contributed by atoms with Crippen molar-refractivity contribution in [2.24, 2.45) is 23.2 Å². The van der Waals surface area contributed by atoms with Crippen molar-refractivity contribution in [2.75, 3.05) is 0 Å². The van der Waals surface area contributed by atoms with Crippen LogP contribution in [-0.4, -0.2) is 11.4 Å². The Balaban J connectivity index is 1.91. The maximum Gasteiger partial charge on any atom is 0.136 e. The number of rotatable bonds is 6. The van der Waals surface area contributed by atoms with Gasteiger partial charge in [0.1, 0.15) is 5.78 Å². The smallest absolute Gasteiger partial charge is 0.136 e. The van der Waals surface area contributed by atoms with E-state index in [2.05, 4.69) is 40.6 Å². The summed E-state index contributed by atoms with van der Waals surface area (Å²) in [4.78, 5) is 12.2. The molecule has 0 N–H and O–H groups in total. The fourth-order valence-corrected chi connectivity index (χ4v) is 5.09. The highest BCUT2D eigenvalue weighted by molar-refractivity contribution is 7.75. The standard InChI is InChI=1S/C18H32O2S/c1-13(7-5-11-17(2,3)20-21)14-9-10-15-16(19)8-6-12-18(14,15)4/h13-15,21H,5-12H2,1-4H3/t13-,14?,15?,18+/m0/s1. The van der Waals surface area contributed by atoms with Crippen molar-refractivity contribution in [1.29, 1.82) is 0 Å². The molecular weight excluding hydrogens is 280 g/mol. The Morgan fingerprint density at radius 3 is 2.81 bits per heavy atom. The van der Waals surface area contributed by atoms with Gasteiger partial charge in [-0.2, -0.15) is 0 Å². The monoisotopic (exact) mass is 312 g/mol. The van der Waals surface area contributed by atoms with E-state index in [1.807, 2.05) is 0 Å². The molecule has 2 fully saturated rings. The molecule has 0 radical (unpaired) electrons. The maximum absolute atomic E-state index is 12.2. The average Bonchev–Trinajstić information content (AvgIpc) is 2.77. The van der Waals surface area contributed by atoms with E-state index in [1.54, 1.807) is 0 Å². The van der Waals surface area contributed by atoms with Crippen molar-refractivity contribution in [3.05, 3.63) is 0 Å². The molecule has 3 heteroatoms. The highest BCUT2D eigenvalue weighted by Crippen LogP contribution is 2.57. The van der Waals surface area contributed by atoms with Crippen molar-refractivity contribution in [1.82, 2.24) is 0 Å². The van der Waals surface area contributed by atoms with Gasteiger partial charge < -0.3 is 4.18 Å². The van der Waals surface area contributed by atoms with E-state index >= 15 is 0 Å². The predicted molar refractivity (Wildman–Crippen MR) is 90.3 cm³/mol. The first-order valence-corrected chi connectivity index (χ1v) is 9.02. The normalized spacial score (nSPS) is 34.8. The molecule has 0 bridgehead atoms. The number of hydrogen-bond acceptors (Lipinski definition) is 3. The molecular formula is C18H32O2S. The third-order valence-corrected chi connectivity index (χ3v) is 6.80. The molecule has 0 heterocycles. The highest BCUT2D eigenvalue weighted by Gasteiger charge is 2.52. The lowest BCUT2D eigenvalue weighted by molar-refractivity contribution is -0.130. The quantitative estimate of drug-likeness (QED) is 0.537. The topological polar surface area (TPSA) is 26.3 Å². The molecule has 0 spiro atoms. The average molecular weight is 313 g/mol. The number of fused-ring (bicyclic) bond motifs is 1. The van der Waals surface area contributed by atoms with Crippen LogP contribution >= 0.6 is 12.9 Å². The summed E-state index contributed by atoms with van der Waals surface area (Å²) in [6, 6.07) is 0. The summed E-state index contributed by atoms with van der Waals surface area (Å²) in [6.07, 6.45) is 9.04. The number of ketones is 1. The lowest BCUT2D eigenvalue weighted by atomic mass is 9.62. The Morgan fingerprint density at radius 2 is 2.14 bits per heavy atom. The van der Waals surface area contributed by atoms with E-state index in [4.69, 9.17) is 4.18 Å². The van der Waals surface area contributed by atoms with Crippen LogP contribution in [0.1, 0.15) is 79.1 Å². The van der Waals surface area contributed by atoms with Gasteiger partial charge in [-0.05, 0) is 76.1 Å². The van der Waals surface area contributed by atoms with E-state index in [1.165, 1.54) is 25.7 Å². The second-order valence-electron chi connectivity index (χ2n) is 8.28. The zero-order chi connectivity index (χ0) is 15.7. The van der Waals surface area contributed by atoms with Crippen LogP contribution in [0.3, 0.4) is 0 Å². The Kier molecular flexibility index (Phi) is 5.46. The van der Waals surface area contributed by atoms with Gasteiger partial charge in [0.2, 0.25) is 0 Å². The van der Waals surface area contributed by atoms with Crippen LogP contribution < -0.4 is 0 Å². The van der Waals surface area contributed by atoms with Crippen LogP contribution in [0, 0.1) is 23.2 Å². The van der Waals surface area contributed by atoms with Crippen LogP contribution in [0.2, 0.25) is 0 Å². The molecule has 2 aliphatic carbocycles. The van der Waals surface area contributed by atoms with Gasteiger partial charge in [0, 0.05) is 12.3 Å². The minimum absolute atomic E-state index is 0.133. The lowest BCUT2D eigenvalue weighted by Crippen LogP contribution is -2.39. The number of carbonyl (C=O) groups excluding carboxylic acids is 1. The van der Waals surface area contributed by atoms with E-state index in [-0.39, 0.29) is 11.0 Å². The van der Waals surface area contributed by atoms with Gasteiger partial charge in [-0.1, -0.05) is 26.7 Å². The van der Waals surface area contributed by atoms with Gasteiger partial charge in [-0.15, -0.1) is 0 Å². The number of hydrogen-bond donors (Lipinski definition) is 1. The summed E-state index contributed by atoms with van der Waals surface area (Å²) in [5.41, 5.74) is 0.149. The summed E-state index contributed by atoms with van der Waals surface area (Å²) in [6.45, 7) is 8.98. The van der Waals surface area contributed by atoms with Gasteiger partial charge in [0.15, 0.2) is 0 Å². The number of thiol groups is 1. The fourth-order valence-electron chi connectivity index (χ4n) is 5.00. The van der Waals surface area contributed by atoms with Gasteiger partial charge >= 0.3 is 0 Å². The molecule has 0 saturated heterocycles. The minimum atomic E-state index is -0.133. The molecule has 0 aromatic rings. The molecule has 0 amide bonds. The van der Waals surface area contributed by atoms with Crippen LogP contribution in [0.5, 0.6) is 0 Å². The summed E-state index contributed by atoms with van der Waals surface area (Å²) < 4.78 is 5.21. The molecule has 2 nitrogen and oxygen atoms in total. The maximum atomic E-state index is 12.2. The Hall–Kier alpha value is -0.0200. The first-order chi connectivity index (χ1) is 9.80. The van der Waals surface area contributed by atoms with E-state index in [9.17, 15) is 4.79 Å². The zero-order valence-electron chi connectivity index (χ0n) is 14.2. The van der Waals surface area contributed by atoms with Gasteiger partial charge in [-0.3, -0.25) is 4.79 Å². The number of carbonyl (C=O) groups is 1. The SMILES string of the molecule is C[C@@H](CCCC(C)(C)OS)C1CCC2C(=O)CCC[C@@]21C. The molecule has 2 saturated carbocycles. The van der Waals surface area contributed by atoms with Gasteiger partial charge in [0.05, 0.1) is 5.60 Å². The van der Waals surface area contributed by atoms with Crippen molar-refractivity contribution in [3.63, 3.8) is 0 Å². The molecule has 0 aromatic carbocycles. The number of Topliss-reactive ketones (excluding diaryl/α,β-unsaturated/α-hetero) is 1. The largest absolute Gasteiger partial charge is 0.313 e. The highest BCUT2D eigenvalue weighted by atomic mass is 32.1. The summed E-state index contributed by atoms with van der Waals surface area (Å²) in [5, 5.41) is 0. The molecule has 21 heavy (non-hydrogen) atoms. The van der Waals surface area contributed by atoms with E-state index in [0.29, 0.717) is 17.6 Å². The van der Waals surface area contributed by atoms with Crippen LogP contribution in [-0.2, 0) is 8.98 Å². The molecule has 4 atom stereocenters. The third-order valence-electron chi connectivity index (χ3n) is 6.31. The van der Waals surface area contributed by atoms with Crippen LogP contribution in [0.4, 0.5) is 0 Å². The van der Waals surface area contributed by atoms with E-state index in [0.717, 1.165) is 31.6 Å². The van der Waals surface area contributed by atoms with Gasteiger partial charge in [0.25, 0.3) is 0 Å². The van der Waals surface area contributed by atoms with Crippen molar-refractivity contribution in [2.45, 2.75) is 84.7 Å². The minimum Gasteiger partial charge on any atom is -0.313 e. The summed E-state index contributed by atoms with van der Waals surface area (Å²) >= 11 is 3.96. The second kappa shape index (κ2) is 6.62. The first kappa shape index (κ1) is 17.3. The Bertz CT molecular complexity index is 379. The van der Waals surface area contributed by atoms with Crippen molar-refractivity contribution < 1.29 is 8.98 Å². The van der Waals surface area contributed by atoms with Crippen LogP contribution in [0.25, 0.3) is 0 Å². The molecule has 122 valence electrons. The Morgan fingerprint density at radius 1 is 1.43 bits per heavy atom. The van der Waals surface area contributed by atoms with Gasteiger partial charge in [-0.25, -0.2) is 0 Å². The molecule has 0 aromatic heterocycles. The first-order valence-electron chi connectivity index (χ1n) is 8.65. The molecule has 2 aliphatic rings.